The number of anilines is 1. The molecule has 1 aliphatic heterocycles. The van der Waals surface area contributed by atoms with E-state index in [1.807, 2.05) is 26.2 Å². The van der Waals surface area contributed by atoms with Crippen LogP contribution in [0.1, 0.15) is 22.0 Å². The number of rotatable bonds is 6. The molecule has 0 aliphatic carbocycles. The molecule has 3 aromatic rings. The van der Waals surface area contributed by atoms with Gasteiger partial charge in [0, 0.05) is 30.7 Å². The lowest BCUT2D eigenvalue weighted by Crippen LogP contribution is -3.15. The number of nitrogens with zero attached hydrogens (tertiary/aromatic N) is 1. The summed E-state index contributed by atoms with van der Waals surface area (Å²) in [5.41, 5.74) is 2.14. The maximum Gasteiger partial charge on any atom is 0.349 e. The molecule has 7 nitrogen and oxygen atoms in total. The zero-order valence-corrected chi connectivity index (χ0v) is 17.9. The second-order valence-electron chi connectivity index (χ2n) is 8.00. The first-order valence-corrected chi connectivity index (χ1v) is 10.5. The Kier molecular flexibility index (Phi) is 6.34. The van der Waals surface area contributed by atoms with Gasteiger partial charge in [0.2, 0.25) is 0 Å². The summed E-state index contributed by atoms with van der Waals surface area (Å²) in [5, 5.41) is 3.69. The van der Waals surface area contributed by atoms with Crippen molar-refractivity contribution in [1.82, 2.24) is 5.32 Å². The quantitative estimate of drug-likeness (QED) is 0.585. The van der Waals surface area contributed by atoms with Gasteiger partial charge in [0.15, 0.2) is 0 Å². The van der Waals surface area contributed by atoms with E-state index in [-0.39, 0.29) is 11.6 Å². The largest absolute Gasteiger partial charge is 0.422 e. The molecule has 7 heteroatoms. The molecule has 0 bridgehead atoms. The van der Waals surface area contributed by atoms with E-state index in [0.29, 0.717) is 25.3 Å². The lowest BCUT2D eigenvalue weighted by atomic mass is 10.0. The zero-order chi connectivity index (χ0) is 21.8. The molecule has 31 heavy (non-hydrogen) atoms. The molecule has 1 saturated heterocycles. The van der Waals surface area contributed by atoms with Gasteiger partial charge in [-0.1, -0.05) is 30.3 Å². The number of benzene rings is 2. The van der Waals surface area contributed by atoms with Crippen molar-refractivity contribution in [3.05, 3.63) is 76.1 Å². The highest BCUT2D eigenvalue weighted by molar-refractivity contribution is 5.96. The standard InChI is InChI=1S/C24H27N3O4/c1-26(2)19-9-7-17(8-10-19)21(27-11-13-30-14-12-27)16-25-23(28)20-15-18-5-3-4-6-22(18)31-24(20)29/h3-10,15,21H,11-14,16H2,1-2H3,(H,25,28)/p+1/t21-/m1/s1. The molecule has 1 atom stereocenters. The van der Waals surface area contributed by atoms with Crippen molar-refractivity contribution in [2.75, 3.05) is 51.8 Å². The fourth-order valence-corrected chi connectivity index (χ4v) is 3.99. The number of para-hydroxylation sites is 1. The second kappa shape index (κ2) is 9.32. The van der Waals surface area contributed by atoms with E-state index >= 15 is 0 Å². The third-order valence-corrected chi connectivity index (χ3v) is 5.79. The van der Waals surface area contributed by atoms with Crippen molar-refractivity contribution in [2.45, 2.75) is 6.04 Å². The molecule has 1 aliphatic rings. The van der Waals surface area contributed by atoms with Gasteiger partial charge < -0.3 is 24.3 Å². The molecule has 0 saturated carbocycles. The Hall–Kier alpha value is -3.16. The maximum atomic E-state index is 12.9. The van der Waals surface area contributed by atoms with Gasteiger partial charge in [-0.2, -0.15) is 0 Å². The van der Waals surface area contributed by atoms with Crippen molar-refractivity contribution in [3.63, 3.8) is 0 Å². The summed E-state index contributed by atoms with van der Waals surface area (Å²) in [6.45, 7) is 3.55. The fraction of sp³-hybridized carbons (Fsp3) is 0.333. The molecular weight excluding hydrogens is 394 g/mol. The van der Waals surface area contributed by atoms with E-state index in [0.717, 1.165) is 29.7 Å². The van der Waals surface area contributed by atoms with Gasteiger partial charge in [-0.25, -0.2) is 4.79 Å². The molecule has 1 aromatic heterocycles. The average Bonchev–Trinajstić information content (AvgIpc) is 2.79. The smallest absolute Gasteiger partial charge is 0.349 e. The van der Waals surface area contributed by atoms with Crippen LogP contribution in [0.3, 0.4) is 0 Å². The van der Waals surface area contributed by atoms with Crippen LogP contribution in [0, 0.1) is 0 Å². The van der Waals surface area contributed by atoms with Gasteiger partial charge in [0.25, 0.3) is 5.91 Å². The Morgan fingerprint density at radius 3 is 2.52 bits per heavy atom. The third kappa shape index (κ3) is 4.78. The monoisotopic (exact) mass is 422 g/mol. The summed E-state index contributed by atoms with van der Waals surface area (Å²) in [6.07, 6.45) is 0. The average molecular weight is 423 g/mol. The van der Waals surface area contributed by atoms with Crippen LogP contribution >= 0.6 is 0 Å². The highest BCUT2D eigenvalue weighted by atomic mass is 16.5. The van der Waals surface area contributed by atoms with Gasteiger partial charge >= 0.3 is 5.63 Å². The van der Waals surface area contributed by atoms with Crippen molar-refractivity contribution < 1.29 is 18.8 Å². The molecule has 2 aromatic carbocycles. The van der Waals surface area contributed by atoms with E-state index in [9.17, 15) is 9.59 Å². The lowest BCUT2D eigenvalue weighted by Gasteiger charge is -2.32. The molecule has 2 N–H and O–H groups in total. The summed E-state index contributed by atoms with van der Waals surface area (Å²) < 4.78 is 10.8. The molecule has 4 rings (SSSR count). The van der Waals surface area contributed by atoms with E-state index < -0.39 is 11.5 Å². The van der Waals surface area contributed by atoms with Gasteiger partial charge in [0.1, 0.15) is 30.3 Å². The van der Waals surface area contributed by atoms with E-state index in [4.69, 9.17) is 9.15 Å². The number of morpholine rings is 1. The van der Waals surface area contributed by atoms with Crippen molar-refractivity contribution in [1.29, 1.82) is 0 Å². The lowest BCUT2D eigenvalue weighted by molar-refractivity contribution is -0.937. The van der Waals surface area contributed by atoms with Crippen LogP contribution in [0.4, 0.5) is 5.69 Å². The first-order valence-electron chi connectivity index (χ1n) is 10.5. The van der Waals surface area contributed by atoms with Crippen molar-refractivity contribution >= 4 is 22.6 Å². The number of nitrogens with one attached hydrogen (secondary N) is 2. The fourth-order valence-electron chi connectivity index (χ4n) is 3.99. The predicted octanol–water partition coefficient (Wildman–Crippen LogP) is 1.25. The normalized spacial score (nSPS) is 15.5. The summed E-state index contributed by atoms with van der Waals surface area (Å²) in [4.78, 5) is 28.6. The Balaban J connectivity index is 1.55. The first-order chi connectivity index (χ1) is 15.0. The van der Waals surface area contributed by atoms with Gasteiger partial charge in [-0.15, -0.1) is 0 Å². The minimum absolute atomic E-state index is 0.0254. The Morgan fingerprint density at radius 1 is 1.10 bits per heavy atom. The Morgan fingerprint density at radius 2 is 1.81 bits per heavy atom. The Bertz CT molecular complexity index is 1100. The van der Waals surface area contributed by atoms with Crippen LogP contribution in [-0.4, -0.2) is 52.9 Å². The highest BCUT2D eigenvalue weighted by Crippen LogP contribution is 2.17. The van der Waals surface area contributed by atoms with Crippen LogP contribution in [0.5, 0.6) is 0 Å². The third-order valence-electron chi connectivity index (χ3n) is 5.79. The van der Waals surface area contributed by atoms with Crippen LogP contribution in [0.15, 0.2) is 63.8 Å². The van der Waals surface area contributed by atoms with Crippen LogP contribution in [-0.2, 0) is 4.74 Å². The predicted molar refractivity (Wildman–Crippen MR) is 120 cm³/mol. The molecule has 162 valence electrons. The summed E-state index contributed by atoms with van der Waals surface area (Å²) in [6, 6.07) is 17.2. The van der Waals surface area contributed by atoms with E-state index in [1.54, 1.807) is 18.2 Å². The summed E-state index contributed by atoms with van der Waals surface area (Å²) in [5.74, 6) is -0.415. The molecule has 0 unspecified atom stereocenters. The van der Waals surface area contributed by atoms with Crippen molar-refractivity contribution in [3.8, 4) is 0 Å². The van der Waals surface area contributed by atoms with Crippen LogP contribution < -0.4 is 20.7 Å². The number of hydrogen-bond acceptors (Lipinski definition) is 5. The molecule has 2 heterocycles. The minimum atomic E-state index is -0.623. The number of carbonyl (C=O) groups is 1. The van der Waals surface area contributed by atoms with Crippen LogP contribution in [0.2, 0.25) is 0 Å². The number of quaternary nitrogens is 1. The van der Waals surface area contributed by atoms with E-state index in [1.165, 1.54) is 4.90 Å². The number of fused-ring (bicyclic) bond motifs is 1. The number of hydrogen-bond donors (Lipinski definition) is 2. The zero-order valence-electron chi connectivity index (χ0n) is 17.9. The number of amides is 1. The minimum Gasteiger partial charge on any atom is -0.422 e. The Labute approximate surface area is 181 Å². The molecule has 1 fully saturated rings. The highest BCUT2D eigenvalue weighted by Gasteiger charge is 2.27. The summed E-state index contributed by atoms with van der Waals surface area (Å²) in [7, 11) is 4.02. The number of ether oxygens (including phenoxy) is 1. The van der Waals surface area contributed by atoms with Gasteiger partial charge in [-0.05, 0) is 24.3 Å². The molecule has 0 radical (unpaired) electrons. The van der Waals surface area contributed by atoms with Gasteiger partial charge in [0.05, 0.1) is 19.8 Å². The maximum absolute atomic E-state index is 12.9. The van der Waals surface area contributed by atoms with Crippen LogP contribution in [0.25, 0.3) is 11.0 Å². The van der Waals surface area contributed by atoms with E-state index in [2.05, 4.69) is 34.5 Å². The van der Waals surface area contributed by atoms with Crippen molar-refractivity contribution in [2.24, 2.45) is 0 Å². The molecular formula is C24H28N3O4+. The number of carbonyl (C=O) groups excluding carboxylic acids is 1. The molecule has 0 spiro atoms. The SMILES string of the molecule is CN(C)c1ccc([C@@H](CNC(=O)c2cc3ccccc3oc2=O)[NH+]2CCOCC2)cc1. The molecule has 1 amide bonds. The summed E-state index contributed by atoms with van der Waals surface area (Å²) >= 11 is 0. The topological polar surface area (TPSA) is 76.2 Å². The first kappa shape index (κ1) is 21.1. The van der Waals surface area contributed by atoms with Gasteiger partial charge in [-0.3, -0.25) is 4.79 Å². The second-order valence-corrected chi connectivity index (χ2v) is 8.00.